The van der Waals surface area contributed by atoms with Crippen LogP contribution in [0.2, 0.25) is 0 Å². The number of rotatable bonds is 3. The summed E-state index contributed by atoms with van der Waals surface area (Å²) in [7, 11) is 1.32. The Balaban J connectivity index is 1.82. The maximum absolute atomic E-state index is 12.7. The number of aliphatic hydroxyl groups excluding tert-OH is 2. The van der Waals surface area contributed by atoms with Gasteiger partial charge >= 0.3 is 5.97 Å². The quantitative estimate of drug-likeness (QED) is 0.584. The van der Waals surface area contributed by atoms with Crippen molar-refractivity contribution in [2.75, 3.05) is 13.7 Å². The zero-order chi connectivity index (χ0) is 22.1. The first kappa shape index (κ1) is 21.4. The van der Waals surface area contributed by atoms with Crippen molar-refractivity contribution in [3.63, 3.8) is 0 Å². The Labute approximate surface area is 175 Å². The number of methoxy groups -OCH3 is 1. The van der Waals surface area contributed by atoms with Gasteiger partial charge in [-0.25, -0.2) is 0 Å². The number of carbonyl (C=O) groups is 3. The van der Waals surface area contributed by atoms with Crippen LogP contribution in [-0.2, 0) is 19.1 Å². The topological polar surface area (TPSA) is 121 Å². The molecule has 0 aliphatic heterocycles. The van der Waals surface area contributed by atoms with Gasteiger partial charge in [-0.2, -0.15) is 0 Å². The highest BCUT2D eigenvalue weighted by Gasteiger charge is 2.69. The molecule has 164 valence electrons. The van der Waals surface area contributed by atoms with Crippen molar-refractivity contribution in [3.05, 3.63) is 23.8 Å². The molecular formula is C23H30O7. The van der Waals surface area contributed by atoms with Gasteiger partial charge in [0.15, 0.2) is 11.6 Å². The molecule has 0 spiro atoms. The van der Waals surface area contributed by atoms with E-state index >= 15 is 0 Å². The molecule has 0 aromatic heterocycles. The number of ketones is 2. The number of fused-ring (bicyclic) bond motifs is 5. The molecule has 0 saturated heterocycles. The van der Waals surface area contributed by atoms with Crippen molar-refractivity contribution >= 4 is 17.5 Å². The van der Waals surface area contributed by atoms with Crippen molar-refractivity contribution < 1.29 is 34.4 Å². The summed E-state index contributed by atoms with van der Waals surface area (Å²) in [6.45, 7) is 3.02. The lowest BCUT2D eigenvalue weighted by Gasteiger charge is -2.60. The average molecular weight is 418 g/mol. The van der Waals surface area contributed by atoms with Crippen LogP contribution in [0.5, 0.6) is 0 Å². The van der Waals surface area contributed by atoms with Gasteiger partial charge in [0.1, 0.15) is 12.2 Å². The fourth-order valence-corrected chi connectivity index (χ4v) is 7.38. The van der Waals surface area contributed by atoms with Gasteiger partial charge < -0.3 is 20.1 Å². The average Bonchev–Trinajstić information content (AvgIpc) is 2.98. The SMILES string of the molecule is COC(=O)[C@@H]1C[C@@H]2[C@H]([C@@H](O)C[C@@]3(C)[C@H]2CC[C@]3(O)C(=O)CO)[C@@]2(C)C=CC(=O)C=C12. The van der Waals surface area contributed by atoms with Crippen LogP contribution >= 0.6 is 0 Å². The fourth-order valence-electron chi connectivity index (χ4n) is 7.38. The third-order valence-corrected chi connectivity index (χ3v) is 8.79. The smallest absolute Gasteiger partial charge is 0.312 e. The number of ether oxygens (including phenoxy) is 1. The number of hydrogen-bond donors (Lipinski definition) is 3. The van der Waals surface area contributed by atoms with E-state index in [1.165, 1.54) is 19.3 Å². The van der Waals surface area contributed by atoms with E-state index in [4.69, 9.17) is 4.74 Å². The van der Waals surface area contributed by atoms with Crippen LogP contribution in [0.1, 0.15) is 39.5 Å². The normalized spacial score (nSPS) is 47.1. The Bertz CT molecular complexity index is 860. The minimum atomic E-state index is -1.70. The van der Waals surface area contributed by atoms with Crippen LogP contribution in [0.3, 0.4) is 0 Å². The van der Waals surface area contributed by atoms with E-state index in [0.29, 0.717) is 18.4 Å². The molecule has 0 bridgehead atoms. The number of esters is 1. The highest BCUT2D eigenvalue weighted by Crippen LogP contribution is 2.67. The lowest BCUT2D eigenvalue weighted by molar-refractivity contribution is -0.183. The summed E-state index contributed by atoms with van der Waals surface area (Å²) in [5.74, 6) is -2.35. The van der Waals surface area contributed by atoms with Crippen LogP contribution in [0.4, 0.5) is 0 Å². The molecule has 8 atom stereocenters. The first-order valence-electron chi connectivity index (χ1n) is 10.6. The Morgan fingerprint density at radius 2 is 2.00 bits per heavy atom. The van der Waals surface area contributed by atoms with E-state index in [2.05, 4.69) is 0 Å². The van der Waals surface area contributed by atoms with E-state index in [9.17, 15) is 29.7 Å². The Hall–Kier alpha value is -1.83. The van der Waals surface area contributed by atoms with Crippen LogP contribution in [0, 0.1) is 34.5 Å². The van der Waals surface area contributed by atoms with Crippen molar-refractivity contribution in [1.29, 1.82) is 0 Å². The molecule has 0 heterocycles. The summed E-state index contributed by atoms with van der Waals surface area (Å²) in [5, 5.41) is 32.0. The first-order valence-corrected chi connectivity index (χ1v) is 10.6. The molecule has 7 heteroatoms. The minimum absolute atomic E-state index is 0.108. The maximum atomic E-state index is 12.7. The predicted molar refractivity (Wildman–Crippen MR) is 106 cm³/mol. The van der Waals surface area contributed by atoms with E-state index in [-0.39, 0.29) is 36.4 Å². The van der Waals surface area contributed by atoms with Gasteiger partial charge in [-0.15, -0.1) is 0 Å². The molecular weight excluding hydrogens is 388 g/mol. The third kappa shape index (κ3) is 2.58. The van der Waals surface area contributed by atoms with Crippen LogP contribution in [0.15, 0.2) is 23.8 Å². The second-order valence-corrected chi connectivity index (χ2v) is 9.89. The molecule has 4 aliphatic rings. The lowest BCUT2D eigenvalue weighted by Crippen LogP contribution is -2.62. The van der Waals surface area contributed by atoms with Gasteiger partial charge in [-0.3, -0.25) is 14.4 Å². The molecule has 0 aromatic carbocycles. The number of allylic oxidation sites excluding steroid dienone is 3. The minimum Gasteiger partial charge on any atom is -0.469 e. The van der Waals surface area contributed by atoms with E-state index < -0.39 is 46.8 Å². The molecule has 7 nitrogen and oxygen atoms in total. The highest BCUT2D eigenvalue weighted by molar-refractivity contribution is 6.02. The van der Waals surface area contributed by atoms with Gasteiger partial charge in [0.2, 0.25) is 0 Å². The van der Waals surface area contributed by atoms with Crippen molar-refractivity contribution in [2.45, 2.75) is 51.2 Å². The standard InChI is InChI=1S/C23H30O7/c1-21-6-4-12(25)8-16(21)14(20(28)30-3)9-13-15-5-7-23(29,18(27)11-24)22(15,2)10-17(26)19(13)21/h4,6,8,13-15,17,19,24,26,29H,5,7,9-11H2,1-3H3/t13-,14+,15-,17-,19+,21-,22-,23-/m0/s1. The summed E-state index contributed by atoms with van der Waals surface area (Å²) in [5.41, 5.74) is -2.63. The zero-order valence-corrected chi connectivity index (χ0v) is 17.6. The largest absolute Gasteiger partial charge is 0.469 e. The van der Waals surface area contributed by atoms with Crippen LogP contribution in [-0.4, -0.2) is 58.3 Å². The maximum Gasteiger partial charge on any atom is 0.312 e. The molecule has 4 rings (SSSR count). The predicted octanol–water partition coefficient (Wildman–Crippen LogP) is 0.957. The second-order valence-electron chi connectivity index (χ2n) is 9.89. The summed E-state index contributed by atoms with van der Waals surface area (Å²) >= 11 is 0. The third-order valence-electron chi connectivity index (χ3n) is 8.79. The molecule has 3 N–H and O–H groups in total. The van der Waals surface area contributed by atoms with E-state index in [1.54, 1.807) is 6.08 Å². The van der Waals surface area contributed by atoms with Gasteiger partial charge in [0.25, 0.3) is 0 Å². The van der Waals surface area contributed by atoms with Gasteiger partial charge in [-0.05, 0) is 55.2 Å². The molecule has 0 amide bonds. The van der Waals surface area contributed by atoms with E-state index in [1.807, 2.05) is 13.8 Å². The summed E-state index contributed by atoms with van der Waals surface area (Å²) in [6.07, 6.45) is 5.34. The summed E-state index contributed by atoms with van der Waals surface area (Å²) in [4.78, 5) is 37.3. The van der Waals surface area contributed by atoms with Crippen LogP contribution < -0.4 is 0 Å². The van der Waals surface area contributed by atoms with Crippen molar-refractivity contribution in [2.24, 2.45) is 34.5 Å². The molecule has 30 heavy (non-hydrogen) atoms. The van der Waals surface area contributed by atoms with E-state index in [0.717, 1.165) is 0 Å². The molecule has 0 radical (unpaired) electrons. The number of hydrogen-bond acceptors (Lipinski definition) is 7. The Morgan fingerprint density at radius 1 is 1.30 bits per heavy atom. The monoisotopic (exact) mass is 418 g/mol. The summed E-state index contributed by atoms with van der Waals surface area (Å²) < 4.78 is 5.04. The van der Waals surface area contributed by atoms with Gasteiger partial charge in [0, 0.05) is 16.7 Å². The van der Waals surface area contributed by atoms with Gasteiger partial charge in [-0.1, -0.05) is 19.9 Å². The number of aliphatic hydroxyl groups is 3. The molecule has 0 unspecified atom stereocenters. The molecule has 3 fully saturated rings. The fraction of sp³-hybridized carbons (Fsp3) is 0.696. The second kappa shape index (κ2) is 6.84. The number of carbonyl (C=O) groups excluding carboxylic acids is 3. The highest BCUT2D eigenvalue weighted by atomic mass is 16.5. The van der Waals surface area contributed by atoms with Gasteiger partial charge in [0.05, 0.1) is 19.1 Å². The number of Topliss-reactive ketones (excluding diaryl/α,β-unsaturated/α-hetero) is 1. The van der Waals surface area contributed by atoms with Crippen molar-refractivity contribution in [3.8, 4) is 0 Å². The first-order chi connectivity index (χ1) is 14.0. The zero-order valence-electron chi connectivity index (χ0n) is 17.6. The summed E-state index contributed by atoms with van der Waals surface area (Å²) in [6, 6.07) is 0. The van der Waals surface area contributed by atoms with Crippen LogP contribution in [0.25, 0.3) is 0 Å². The Morgan fingerprint density at radius 3 is 2.63 bits per heavy atom. The lowest BCUT2D eigenvalue weighted by atomic mass is 9.44. The molecule has 4 aliphatic carbocycles. The molecule has 0 aromatic rings. The molecule has 3 saturated carbocycles. The Kier molecular flexibility index (Phi) is 4.88. The van der Waals surface area contributed by atoms with Crippen molar-refractivity contribution in [1.82, 2.24) is 0 Å².